The molecule has 16 heteroatoms. The van der Waals surface area contributed by atoms with E-state index < -0.39 is 29.2 Å². The fourth-order valence-electron chi connectivity index (χ4n) is 3.16. The van der Waals surface area contributed by atoms with Crippen molar-refractivity contribution in [2.45, 2.75) is 51.5 Å². The normalized spacial score (nSPS) is 16.5. The molecule has 1 fully saturated rings. The second-order valence-electron chi connectivity index (χ2n) is 7.70. The minimum absolute atomic E-state index is 0.0326. The Bertz CT molecular complexity index is 683. The number of thioether (sulfide) groups is 1. The van der Waals surface area contributed by atoms with Gasteiger partial charge < -0.3 is 15.0 Å². The van der Waals surface area contributed by atoms with Gasteiger partial charge in [-0.05, 0) is 32.1 Å². The van der Waals surface area contributed by atoms with E-state index in [4.69, 9.17) is 25.6 Å². The van der Waals surface area contributed by atoms with Crippen molar-refractivity contribution < 1.29 is 54.4 Å². The number of nitrogens with one attached hydrogen (secondary N) is 1. The first kappa shape index (κ1) is 31.1. The maximum Gasteiger partial charge on any atom is 0.328 e. The molecule has 1 heterocycles. The molecule has 0 bridgehead atoms. The van der Waals surface area contributed by atoms with Crippen LogP contribution in [0.1, 0.15) is 45.4 Å². The average molecular weight is 527 g/mol. The molecule has 1 aliphatic heterocycles. The highest BCUT2D eigenvalue weighted by atomic mass is 32.2. The van der Waals surface area contributed by atoms with Gasteiger partial charge in [0.05, 0.1) is 37.1 Å². The molecule has 1 rings (SSSR count). The molecular weight excluding hydrogens is 492 g/mol. The zero-order valence-corrected chi connectivity index (χ0v) is 20.4. The predicted molar refractivity (Wildman–Crippen MR) is 117 cm³/mol. The Labute approximate surface area is 206 Å². The van der Waals surface area contributed by atoms with Crippen molar-refractivity contribution in [1.29, 1.82) is 0 Å². The minimum Gasteiger partial charge on any atom is -0.464 e. The number of hydrogen-bond donors (Lipinski definition) is 5. The Kier molecular flexibility index (Phi) is 15.6. The highest BCUT2D eigenvalue weighted by Crippen LogP contribution is 2.22. The lowest BCUT2D eigenvalue weighted by Crippen LogP contribution is -2.44. The maximum absolute atomic E-state index is 12.8. The van der Waals surface area contributed by atoms with Crippen molar-refractivity contribution in [3.05, 3.63) is 0 Å². The van der Waals surface area contributed by atoms with Gasteiger partial charge in [-0.15, -0.1) is 0 Å². The number of esters is 1. The molecule has 2 atom stereocenters. The SMILES string of the molecule is C[C@H](CSC(=O)CNC(=O)CCCON(O)O)C(=O)N1CCC[C@H]1C(=O)OCCCCON(O)O. The number of nitrogens with zero attached hydrogens (tertiary/aromatic N) is 3. The summed E-state index contributed by atoms with van der Waals surface area (Å²) < 4.78 is 5.23. The van der Waals surface area contributed by atoms with Gasteiger partial charge in [-0.25, -0.2) is 4.79 Å². The summed E-state index contributed by atoms with van der Waals surface area (Å²) in [5, 5.41) is 34.9. The van der Waals surface area contributed by atoms with Gasteiger partial charge in [-0.3, -0.25) is 44.9 Å². The van der Waals surface area contributed by atoms with E-state index in [2.05, 4.69) is 15.0 Å². The number of rotatable bonds is 17. The number of ether oxygens (including phenoxy) is 1. The van der Waals surface area contributed by atoms with Crippen molar-refractivity contribution in [3.8, 4) is 0 Å². The van der Waals surface area contributed by atoms with Crippen LogP contribution in [0.25, 0.3) is 0 Å². The lowest BCUT2D eigenvalue weighted by molar-refractivity contribution is -0.492. The Morgan fingerprint density at radius 3 is 2.31 bits per heavy atom. The Hall–Kier alpha value is -1.89. The van der Waals surface area contributed by atoms with Crippen LogP contribution in [0.15, 0.2) is 0 Å². The van der Waals surface area contributed by atoms with Gasteiger partial charge in [0.2, 0.25) is 16.9 Å². The van der Waals surface area contributed by atoms with Gasteiger partial charge in [-0.2, -0.15) is 0 Å². The van der Waals surface area contributed by atoms with E-state index in [-0.39, 0.29) is 61.4 Å². The summed E-state index contributed by atoms with van der Waals surface area (Å²) in [4.78, 5) is 59.1. The molecule has 202 valence electrons. The fourth-order valence-corrected chi connectivity index (χ4v) is 3.91. The van der Waals surface area contributed by atoms with E-state index >= 15 is 0 Å². The summed E-state index contributed by atoms with van der Waals surface area (Å²) in [5.41, 5.74) is 0. The average Bonchev–Trinajstić information content (AvgIpc) is 3.30. The highest BCUT2D eigenvalue weighted by molar-refractivity contribution is 8.13. The summed E-state index contributed by atoms with van der Waals surface area (Å²) in [7, 11) is 0. The molecule has 0 aromatic carbocycles. The number of carbonyl (C=O) groups is 4. The third-order valence-corrected chi connectivity index (χ3v) is 6.03. The number of likely N-dealkylation sites (tertiary alicyclic amines) is 1. The first-order valence-corrected chi connectivity index (χ1v) is 12.1. The molecule has 0 aromatic heterocycles. The Balaban J connectivity index is 2.29. The molecule has 1 saturated heterocycles. The molecule has 35 heavy (non-hydrogen) atoms. The fraction of sp³-hybridized carbons (Fsp3) is 0.789. The number of unbranched alkanes of at least 4 members (excludes halogenated alkanes) is 1. The zero-order valence-electron chi connectivity index (χ0n) is 19.5. The molecule has 15 nitrogen and oxygen atoms in total. The van der Waals surface area contributed by atoms with Crippen molar-refractivity contribution in [2.24, 2.45) is 5.92 Å². The van der Waals surface area contributed by atoms with E-state index in [1.165, 1.54) is 4.90 Å². The molecule has 1 aliphatic rings. The standard InChI is InChI=1S/C19H34N4O11S/c1-14(13-35-17(25)12-20-16(24)7-5-11-34-23(30)31)18(26)21-8-4-6-15(21)19(27)32-9-2-3-10-33-22(28)29/h14-15,28-31H,2-13H2,1H3,(H,20,24)/t14-,15+/m1/s1. The van der Waals surface area contributed by atoms with Crippen LogP contribution >= 0.6 is 11.8 Å². The summed E-state index contributed by atoms with van der Waals surface area (Å²) in [6, 6.07) is -0.681. The molecule has 0 aromatic rings. The molecule has 0 unspecified atom stereocenters. The van der Waals surface area contributed by atoms with Gasteiger partial charge in [0.25, 0.3) is 0 Å². The van der Waals surface area contributed by atoms with E-state index in [0.717, 1.165) is 11.8 Å². The van der Waals surface area contributed by atoms with Crippen LogP contribution in [0.2, 0.25) is 0 Å². The molecule has 0 aliphatic carbocycles. The van der Waals surface area contributed by atoms with Gasteiger partial charge in [-0.1, -0.05) is 18.7 Å². The highest BCUT2D eigenvalue weighted by Gasteiger charge is 2.37. The molecule has 2 amide bonds. The van der Waals surface area contributed by atoms with Crippen molar-refractivity contribution in [2.75, 3.05) is 38.7 Å². The van der Waals surface area contributed by atoms with Crippen molar-refractivity contribution >= 4 is 34.7 Å². The summed E-state index contributed by atoms with van der Waals surface area (Å²) in [6.45, 7) is 1.94. The van der Waals surface area contributed by atoms with Crippen LogP contribution in [0, 0.1) is 5.92 Å². The monoisotopic (exact) mass is 526 g/mol. The lowest BCUT2D eigenvalue weighted by atomic mass is 10.1. The first-order valence-electron chi connectivity index (χ1n) is 11.1. The summed E-state index contributed by atoms with van der Waals surface area (Å²) >= 11 is 0.913. The lowest BCUT2D eigenvalue weighted by Gasteiger charge is -2.26. The third kappa shape index (κ3) is 13.7. The molecule has 0 spiro atoms. The maximum atomic E-state index is 12.8. The second kappa shape index (κ2) is 17.5. The van der Waals surface area contributed by atoms with Crippen LogP contribution in [0.3, 0.4) is 0 Å². The number of hydrogen-bond acceptors (Lipinski definition) is 14. The quantitative estimate of drug-likeness (QED) is 0.0972. The van der Waals surface area contributed by atoms with E-state index in [9.17, 15) is 19.2 Å². The molecule has 0 saturated carbocycles. The predicted octanol–water partition coefficient (Wildman–Crippen LogP) is 0.117. The van der Waals surface area contributed by atoms with Gasteiger partial charge in [0.1, 0.15) is 6.04 Å². The van der Waals surface area contributed by atoms with Crippen LogP contribution in [0.5, 0.6) is 0 Å². The van der Waals surface area contributed by atoms with Crippen LogP contribution in [0.4, 0.5) is 0 Å². The van der Waals surface area contributed by atoms with Gasteiger partial charge in [0, 0.05) is 24.6 Å². The van der Waals surface area contributed by atoms with Crippen LogP contribution < -0.4 is 5.32 Å². The summed E-state index contributed by atoms with van der Waals surface area (Å²) in [6.07, 6.45) is 2.28. The third-order valence-electron chi connectivity index (χ3n) is 4.90. The molecular formula is C19H34N4O11S. The zero-order chi connectivity index (χ0) is 26.2. The smallest absolute Gasteiger partial charge is 0.328 e. The van der Waals surface area contributed by atoms with E-state index in [1.54, 1.807) is 6.92 Å². The van der Waals surface area contributed by atoms with Crippen molar-refractivity contribution in [1.82, 2.24) is 21.0 Å². The molecule has 5 N–H and O–H groups in total. The topological polar surface area (TPSA) is 199 Å². The largest absolute Gasteiger partial charge is 0.464 e. The first-order chi connectivity index (χ1) is 16.6. The van der Waals surface area contributed by atoms with E-state index in [1.807, 2.05) is 0 Å². The Morgan fingerprint density at radius 2 is 1.66 bits per heavy atom. The van der Waals surface area contributed by atoms with Gasteiger partial charge in [0.15, 0.2) is 0 Å². The van der Waals surface area contributed by atoms with Crippen LogP contribution in [-0.4, -0.2) is 104 Å². The number of carbonyl (C=O) groups excluding carboxylic acids is 4. The van der Waals surface area contributed by atoms with Gasteiger partial charge >= 0.3 is 5.97 Å². The molecule has 0 radical (unpaired) electrons. The number of amides is 2. The van der Waals surface area contributed by atoms with Crippen LogP contribution in [-0.2, 0) is 33.6 Å². The summed E-state index contributed by atoms with van der Waals surface area (Å²) in [5.74, 6) is -1.49. The van der Waals surface area contributed by atoms with E-state index in [0.29, 0.717) is 32.2 Å². The minimum atomic E-state index is -0.681. The van der Waals surface area contributed by atoms with Crippen molar-refractivity contribution in [3.63, 3.8) is 0 Å². The Morgan fingerprint density at radius 1 is 1.03 bits per heavy atom. The second-order valence-corrected chi connectivity index (χ2v) is 8.78.